The predicted molar refractivity (Wildman–Crippen MR) is 105 cm³/mol. The second kappa shape index (κ2) is 8.12. The van der Waals surface area contributed by atoms with Crippen LogP contribution < -0.4 is 11.5 Å². The van der Waals surface area contributed by atoms with E-state index in [1.54, 1.807) is 26.8 Å². The van der Waals surface area contributed by atoms with Crippen LogP contribution in [0, 0.1) is 0 Å². The van der Waals surface area contributed by atoms with Crippen LogP contribution in [0.5, 0.6) is 0 Å². The number of aliphatic hydroxyl groups is 1. The summed E-state index contributed by atoms with van der Waals surface area (Å²) in [5.41, 5.74) is 10.9. The largest absolute Gasteiger partial charge is 0.399 e. The average molecular weight is 388 g/mol. The molecule has 0 radical (unpaired) electrons. The Morgan fingerprint density at radius 2 is 1.77 bits per heavy atom. The fourth-order valence-corrected chi connectivity index (χ4v) is 4.95. The van der Waals surface area contributed by atoms with Gasteiger partial charge in [-0.1, -0.05) is 0 Å². The Labute approximate surface area is 157 Å². The van der Waals surface area contributed by atoms with Gasteiger partial charge in [0.15, 0.2) is 0 Å². The van der Waals surface area contributed by atoms with Crippen LogP contribution >= 0.6 is 0 Å². The van der Waals surface area contributed by atoms with Crippen LogP contribution in [0.2, 0.25) is 0 Å². The van der Waals surface area contributed by atoms with E-state index in [0.29, 0.717) is 12.1 Å². The fraction of sp³-hybridized carbons (Fsp3) is 0.667. The molecule has 1 aromatic carbocycles. The molecule has 1 unspecified atom stereocenters. The Kier molecular flexibility index (Phi) is 7.09. The van der Waals surface area contributed by atoms with Gasteiger partial charge < -0.3 is 21.3 Å². The molecular formula is C18H33N3O4S. The molecule has 0 bridgehead atoms. The van der Waals surface area contributed by atoms with Gasteiger partial charge in [0.2, 0.25) is 10.0 Å². The van der Waals surface area contributed by atoms with E-state index in [-0.39, 0.29) is 23.8 Å². The summed E-state index contributed by atoms with van der Waals surface area (Å²) >= 11 is 0. The maximum atomic E-state index is 13.4. The van der Waals surface area contributed by atoms with Gasteiger partial charge in [-0.3, -0.25) is 0 Å². The number of rotatable bonds is 8. The summed E-state index contributed by atoms with van der Waals surface area (Å²) < 4.78 is 34.1. The molecule has 1 rings (SSSR count). The van der Waals surface area contributed by atoms with E-state index in [9.17, 15) is 13.5 Å². The molecule has 8 heteroatoms. The third kappa shape index (κ3) is 5.57. The van der Waals surface area contributed by atoms with E-state index in [4.69, 9.17) is 16.2 Å². The number of hydrogen-bond donors (Lipinski definition) is 3. The molecule has 0 amide bonds. The van der Waals surface area contributed by atoms with Crippen molar-refractivity contribution in [1.82, 2.24) is 4.31 Å². The minimum absolute atomic E-state index is 0.0360. The van der Waals surface area contributed by atoms with Crippen LogP contribution in [0.1, 0.15) is 48.0 Å². The number of aliphatic hydroxyl groups excluding tert-OH is 1. The molecular weight excluding hydrogens is 354 g/mol. The van der Waals surface area contributed by atoms with E-state index in [2.05, 4.69) is 0 Å². The number of nitrogen functional groups attached to an aromatic ring is 2. The Bertz CT molecular complexity index is 712. The van der Waals surface area contributed by atoms with Crippen molar-refractivity contribution in [2.75, 3.05) is 24.7 Å². The quantitative estimate of drug-likeness (QED) is 0.588. The lowest BCUT2D eigenvalue weighted by Crippen LogP contribution is -2.55. The van der Waals surface area contributed by atoms with Crippen LogP contribution in [0.3, 0.4) is 0 Å². The normalized spacial score (nSPS) is 14.6. The molecule has 0 aliphatic rings. The molecule has 0 saturated heterocycles. The van der Waals surface area contributed by atoms with Crippen LogP contribution in [0.4, 0.5) is 11.4 Å². The zero-order valence-corrected chi connectivity index (χ0v) is 17.4. The molecule has 5 N–H and O–H groups in total. The first-order valence-corrected chi connectivity index (χ1v) is 10.1. The van der Waals surface area contributed by atoms with Gasteiger partial charge in [-0.05, 0) is 66.2 Å². The van der Waals surface area contributed by atoms with Crippen LogP contribution in [0.15, 0.2) is 23.1 Å². The molecule has 0 aromatic heterocycles. The van der Waals surface area contributed by atoms with Crippen LogP contribution in [-0.4, -0.2) is 48.2 Å². The van der Waals surface area contributed by atoms with Crippen molar-refractivity contribution in [2.24, 2.45) is 0 Å². The van der Waals surface area contributed by atoms with E-state index in [0.717, 1.165) is 0 Å². The van der Waals surface area contributed by atoms with Crippen molar-refractivity contribution >= 4 is 21.4 Å². The zero-order valence-electron chi connectivity index (χ0n) is 16.6. The smallest absolute Gasteiger partial charge is 0.246 e. The molecule has 0 spiro atoms. The summed E-state index contributed by atoms with van der Waals surface area (Å²) in [6, 6.07) is 3.95. The molecule has 1 atom stereocenters. The zero-order chi connectivity index (χ0) is 20.3. The van der Waals surface area contributed by atoms with Crippen molar-refractivity contribution in [1.29, 1.82) is 0 Å². The maximum Gasteiger partial charge on any atom is 0.246 e. The molecule has 0 heterocycles. The molecule has 0 aliphatic heterocycles. The van der Waals surface area contributed by atoms with Crippen molar-refractivity contribution in [3.63, 3.8) is 0 Å². The van der Waals surface area contributed by atoms with E-state index in [1.165, 1.54) is 16.4 Å². The van der Waals surface area contributed by atoms with Gasteiger partial charge >= 0.3 is 0 Å². The number of anilines is 2. The third-order valence-corrected chi connectivity index (χ3v) is 6.26. The van der Waals surface area contributed by atoms with Crippen molar-refractivity contribution < 1.29 is 18.3 Å². The highest BCUT2D eigenvalue weighted by molar-refractivity contribution is 7.89. The number of benzene rings is 1. The lowest BCUT2D eigenvalue weighted by Gasteiger charge is -2.42. The van der Waals surface area contributed by atoms with E-state index < -0.39 is 27.2 Å². The SMILES string of the molecule is CC(CCO)N(C(C)(C)COC(C)(C)C)S(=O)(=O)c1cc(N)ccc1N. The van der Waals surface area contributed by atoms with Crippen LogP contribution in [0.25, 0.3) is 0 Å². The third-order valence-electron chi connectivity index (χ3n) is 3.98. The van der Waals surface area contributed by atoms with Crippen molar-refractivity contribution in [3.05, 3.63) is 18.2 Å². The number of nitrogens with zero attached hydrogens (tertiary/aromatic N) is 1. The van der Waals surface area contributed by atoms with E-state index in [1.807, 2.05) is 20.8 Å². The Morgan fingerprint density at radius 3 is 2.27 bits per heavy atom. The number of sulfonamides is 1. The second-order valence-corrected chi connectivity index (χ2v) is 9.96. The summed E-state index contributed by atoms with van der Waals surface area (Å²) in [4.78, 5) is -0.0360. The monoisotopic (exact) mass is 387 g/mol. The molecule has 0 fully saturated rings. The van der Waals surface area contributed by atoms with Gasteiger partial charge in [-0.15, -0.1) is 0 Å². The first kappa shape index (κ1) is 22.7. The number of hydrogen-bond acceptors (Lipinski definition) is 6. The fourth-order valence-electron chi connectivity index (χ4n) is 2.80. The summed E-state index contributed by atoms with van der Waals surface area (Å²) in [6.45, 7) is 11.1. The maximum absolute atomic E-state index is 13.4. The Balaban J connectivity index is 3.43. The van der Waals surface area contributed by atoms with Gasteiger partial charge in [0.05, 0.1) is 23.4 Å². The highest BCUT2D eigenvalue weighted by Gasteiger charge is 2.42. The lowest BCUT2D eigenvalue weighted by molar-refractivity contribution is -0.0509. The minimum atomic E-state index is -3.96. The second-order valence-electron chi connectivity index (χ2n) is 8.17. The standard InChI is InChI=1S/C18H33N3O4S/c1-13(9-10-22)21(18(5,6)12-25-17(2,3)4)26(23,24)16-11-14(19)7-8-15(16)20/h7-8,11,13,22H,9-10,12,19-20H2,1-6H3. The molecule has 150 valence electrons. The first-order valence-electron chi connectivity index (χ1n) is 8.67. The number of ether oxygens (including phenoxy) is 1. The summed E-state index contributed by atoms with van der Waals surface area (Å²) in [5, 5.41) is 9.35. The van der Waals surface area contributed by atoms with Crippen molar-refractivity contribution in [3.8, 4) is 0 Å². The summed E-state index contributed by atoms with van der Waals surface area (Å²) in [6.07, 6.45) is 0.292. The van der Waals surface area contributed by atoms with Gasteiger partial charge in [0.25, 0.3) is 0 Å². The topological polar surface area (TPSA) is 119 Å². The van der Waals surface area contributed by atoms with Gasteiger partial charge in [-0.25, -0.2) is 8.42 Å². The van der Waals surface area contributed by atoms with E-state index >= 15 is 0 Å². The van der Waals surface area contributed by atoms with Gasteiger partial charge in [0.1, 0.15) is 4.90 Å². The summed E-state index contributed by atoms with van der Waals surface area (Å²) in [7, 11) is -3.96. The Morgan fingerprint density at radius 1 is 1.19 bits per heavy atom. The molecule has 0 saturated carbocycles. The number of nitrogens with two attached hydrogens (primary N) is 2. The summed E-state index contributed by atoms with van der Waals surface area (Å²) in [5.74, 6) is 0. The molecule has 1 aromatic rings. The van der Waals surface area contributed by atoms with Crippen molar-refractivity contribution in [2.45, 2.75) is 70.0 Å². The van der Waals surface area contributed by atoms with Crippen LogP contribution in [-0.2, 0) is 14.8 Å². The molecule has 26 heavy (non-hydrogen) atoms. The molecule has 7 nitrogen and oxygen atoms in total. The predicted octanol–water partition coefficient (Wildman–Crippen LogP) is 2.21. The molecule has 0 aliphatic carbocycles. The highest BCUT2D eigenvalue weighted by atomic mass is 32.2. The average Bonchev–Trinajstić information content (AvgIpc) is 2.47. The minimum Gasteiger partial charge on any atom is -0.399 e. The van der Waals surface area contributed by atoms with Gasteiger partial charge in [0, 0.05) is 18.3 Å². The lowest BCUT2D eigenvalue weighted by atomic mass is 10.0. The Hall–Kier alpha value is -1.35. The first-order chi connectivity index (χ1) is 11.7. The van der Waals surface area contributed by atoms with Gasteiger partial charge in [-0.2, -0.15) is 4.31 Å². The highest BCUT2D eigenvalue weighted by Crippen LogP contribution is 2.33.